The van der Waals surface area contributed by atoms with E-state index in [1.54, 1.807) is 4.40 Å². The van der Waals surface area contributed by atoms with Crippen molar-refractivity contribution in [1.29, 1.82) is 0 Å². The maximum Gasteiger partial charge on any atom is 0.161 e. The van der Waals surface area contributed by atoms with E-state index in [4.69, 9.17) is 11.6 Å². The largest absolute Gasteiger partial charge is 0.269 e. The molecule has 3 nitrogen and oxygen atoms in total. The van der Waals surface area contributed by atoms with E-state index in [0.717, 1.165) is 11.5 Å². The van der Waals surface area contributed by atoms with Crippen LogP contribution in [-0.4, -0.2) is 14.6 Å². The van der Waals surface area contributed by atoms with Crippen LogP contribution in [0.2, 0.25) is 5.15 Å². The summed E-state index contributed by atoms with van der Waals surface area (Å²) in [5, 5.41) is 8.44. The first-order chi connectivity index (χ1) is 6.29. The SMILES string of the molecule is CC.Cc1nnc2cccc(Cl)n12. The van der Waals surface area contributed by atoms with Gasteiger partial charge in [0.25, 0.3) is 0 Å². The molecule has 0 fully saturated rings. The minimum absolute atomic E-state index is 0.644. The molecule has 4 heteroatoms. The van der Waals surface area contributed by atoms with Crippen molar-refractivity contribution in [1.82, 2.24) is 14.6 Å². The van der Waals surface area contributed by atoms with Gasteiger partial charge >= 0.3 is 0 Å². The van der Waals surface area contributed by atoms with E-state index < -0.39 is 0 Å². The lowest BCUT2D eigenvalue weighted by Crippen LogP contribution is -1.88. The zero-order valence-corrected chi connectivity index (χ0v) is 8.71. The molecule has 0 amide bonds. The van der Waals surface area contributed by atoms with Gasteiger partial charge in [-0.1, -0.05) is 31.5 Å². The first kappa shape index (κ1) is 9.99. The van der Waals surface area contributed by atoms with Gasteiger partial charge in [-0.2, -0.15) is 0 Å². The number of hydrogen-bond acceptors (Lipinski definition) is 2. The summed E-state index contributed by atoms with van der Waals surface area (Å²) in [4.78, 5) is 0. The van der Waals surface area contributed by atoms with Crippen LogP contribution in [0, 0.1) is 6.92 Å². The Morgan fingerprint density at radius 1 is 1.23 bits per heavy atom. The summed E-state index contributed by atoms with van der Waals surface area (Å²) >= 11 is 5.89. The molecule has 0 saturated heterocycles. The monoisotopic (exact) mass is 197 g/mol. The predicted molar refractivity (Wildman–Crippen MR) is 54.1 cm³/mol. The van der Waals surface area contributed by atoms with Crippen LogP contribution in [0.15, 0.2) is 18.2 Å². The molecule has 0 radical (unpaired) electrons. The lowest BCUT2D eigenvalue weighted by molar-refractivity contribution is 1.01. The zero-order chi connectivity index (χ0) is 9.84. The quantitative estimate of drug-likeness (QED) is 0.608. The van der Waals surface area contributed by atoms with E-state index in [-0.39, 0.29) is 0 Å². The Morgan fingerprint density at radius 3 is 2.54 bits per heavy atom. The van der Waals surface area contributed by atoms with Crippen LogP contribution in [0.25, 0.3) is 5.65 Å². The molecule has 0 N–H and O–H groups in total. The average molecular weight is 198 g/mol. The van der Waals surface area contributed by atoms with Gasteiger partial charge in [-0.3, -0.25) is 4.40 Å². The number of aryl methyl sites for hydroxylation is 1. The van der Waals surface area contributed by atoms with Crippen LogP contribution in [0.4, 0.5) is 0 Å². The summed E-state index contributed by atoms with van der Waals surface area (Å²) in [5.41, 5.74) is 0.787. The highest BCUT2D eigenvalue weighted by atomic mass is 35.5. The van der Waals surface area contributed by atoms with Gasteiger partial charge in [0.1, 0.15) is 11.0 Å². The average Bonchev–Trinajstić information content (AvgIpc) is 2.53. The van der Waals surface area contributed by atoms with Crippen molar-refractivity contribution in [3.05, 3.63) is 29.2 Å². The second-order valence-corrected chi connectivity index (χ2v) is 2.68. The standard InChI is InChI=1S/C7H6ClN3.C2H6/c1-5-9-10-7-4-2-3-6(8)11(5)7;1-2/h2-4H,1H3;1-2H3. The molecule has 0 atom stereocenters. The van der Waals surface area contributed by atoms with Crippen LogP contribution >= 0.6 is 11.6 Å². The molecular formula is C9H12ClN3. The van der Waals surface area contributed by atoms with Crippen molar-refractivity contribution in [3.63, 3.8) is 0 Å². The molecule has 0 unspecified atom stereocenters. The molecule has 70 valence electrons. The summed E-state index contributed by atoms with van der Waals surface area (Å²) in [6, 6.07) is 5.53. The molecule has 2 rings (SSSR count). The Balaban J connectivity index is 0.000000396. The van der Waals surface area contributed by atoms with Gasteiger partial charge in [-0.15, -0.1) is 10.2 Å². The van der Waals surface area contributed by atoms with Crippen LogP contribution in [0.1, 0.15) is 19.7 Å². The molecular weight excluding hydrogens is 186 g/mol. The van der Waals surface area contributed by atoms with Crippen molar-refractivity contribution < 1.29 is 0 Å². The number of pyridine rings is 1. The predicted octanol–water partition coefficient (Wildman–Crippen LogP) is 2.72. The number of halogens is 1. The minimum Gasteiger partial charge on any atom is -0.269 e. The van der Waals surface area contributed by atoms with Gasteiger partial charge in [0, 0.05) is 0 Å². The first-order valence-electron chi connectivity index (χ1n) is 4.25. The Hall–Kier alpha value is -1.09. The summed E-state index contributed by atoms with van der Waals surface area (Å²) in [7, 11) is 0. The molecule has 0 aliphatic rings. The molecule has 0 aliphatic carbocycles. The number of nitrogens with zero attached hydrogens (tertiary/aromatic N) is 3. The van der Waals surface area contributed by atoms with E-state index in [1.165, 1.54) is 0 Å². The smallest absolute Gasteiger partial charge is 0.161 e. The number of hydrogen-bond donors (Lipinski definition) is 0. The van der Waals surface area contributed by atoms with E-state index in [1.807, 2.05) is 39.0 Å². The van der Waals surface area contributed by atoms with Crippen LogP contribution < -0.4 is 0 Å². The lowest BCUT2D eigenvalue weighted by atomic mass is 10.5. The van der Waals surface area contributed by atoms with E-state index in [2.05, 4.69) is 10.2 Å². The maximum absolute atomic E-state index is 5.89. The third-order valence-electron chi connectivity index (χ3n) is 1.54. The van der Waals surface area contributed by atoms with Crippen molar-refractivity contribution in [2.45, 2.75) is 20.8 Å². The summed E-state index contributed by atoms with van der Waals surface area (Å²) in [5.74, 6) is 0.811. The second-order valence-electron chi connectivity index (χ2n) is 2.29. The van der Waals surface area contributed by atoms with Crippen molar-refractivity contribution >= 4 is 17.2 Å². The summed E-state index contributed by atoms with van der Waals surface area (Å²) in [6.45, 7) is 5.87. The normalized spacial score (nSPS) is 9.54. The Morgan fingerprint density at radius 2 is 1.92 bits per heavy atom. The van der Waals surface area contributed by atoms with Crippen molar-refractivity contribution in [3.8, 4) is 0 Å². The molecule has 0 aliphatic heterocycles. The van der Waals surface area contributed by atoms with Gasteiger partial charge in [0.15, 0.2) is 5.65 Å². The van der Waals surface area contributed by atoms with Gasteiger partial charge in [-0.05, 0) is 19.1 Å². The molecule has 2 heterocycles. The summed E-state index contributed by atoms with van der Waals surface area (Å²) in [6.07, 6.45) is 0. The zero-order valence-electron chi connectivity index (χ0n) is 7.95. The number of rotatable bonds is 0. The third-order valence-corrected chi connectivity index (χ3v) is 1.84. The van der Waals surface area contributed by atoms with Crippen LogP contribution in [0.5, 0.6) is 0 Å². The fourth-order valence-electron chi connectivity index (χ4n) is 1.04. The second kappa shape index (κ2) is 4.23. The molecule has 0 saturated carbocycles. The fourth-order valence-corrected chi connectivity index (χ4v) is 1.32. The molecule has 0 bridgehead atoms. The van der Waals surface area contributed by atoms with Gasteiger partial charge in [-0.25, -0.2) is 0 Å². The van der Waals surface area contributed by atoms with E-state index in [0.29, 0.717) is 5.15 Å². The molecule has 0 aromatic carbocycles. The third kappa shape index (κ3) is 1.80. The number of aromatic nitrogens is 3. The van der Waals surface area contributed by atoms with Gasteiger partial charge < -0.3 is 0 Å². The van der Waals surface area contributed by atoms with E-state index >= 15 is 0 Å². The Labute approximate surface area is 82.4 Å². The number of fused-ring (bicyclic) bond motifs is 1. The Kier molecular flexibility index (Phi) is 3.25. The Bertz CT molecular complexity index is 395. The highest BCUT2D eigenvalue weighted by Crippen LogP contribution is 2.11. The maximum atomic E-state index is 5.89. The first-order valence-corrected chi connectivity index (χ1v) is 4.63. The van der Waals surface area contributed by atoms with Crippen LogP contribution in [0.3, 0.4) is 0 Å². The highest BCUT2D eigenvalue weighted by molar-refractivity contribution is 6.29. The molecule has 13 heavy (non-hydrogen) atoms. The van der Waals surface area contributed by atoms with Gasteiger partial charge in [0.05, 0.1) is 0 Å². The topological polar surface area (TPSA) is 30.2 Å². The van der Waals surface area contributed by atoms with Gasteiger partial charge in [0.2, 0.25) is 0 Å². The van der Waals surface area contributed by atoms with Crippen molar-refractivity contribution in [2.24, 2.45) is 0 Å². The molecule has 0 spiro atoms. The molecule has 2 aromatic rings. The summed E-state index contributed by atoms with van der Waals surface area (Å²) < 4.78 is 1.79. The highest BCUT2D eigenvalue weighted by Gasteiger charge is 2.01. The van der Waals surface area contributed by atoms with Crippen molar-refractivity contribution in [2.75, 3.05) is 0 Å². The molecule has 2 aromatic heterocycles. The van der Waals surface area contributed by atoms with E-state index in [9.17, 15) is 0 Å². The fraction of sp³-hybridized carbons (Fsp3) is 0.333. The lowest BCUT2D eigenvalue weighted by Gasteiger charge is -1.95. The van der Waals surface area contributed by atoms with Crippen LogP contribution in [-0.2, 0) is 0 Å². The minimum atomic E-state index is 0.644.